The molecule has 74 valence electrons. The zero-order valence-electron chi connectivity index (χ0n) is 8.28. The summed E-state index contributed by atoms with van der Waals surface area (Å²) < 4.78 is 4.77. The number of esters is 1. The largest absolute Gasteiger partial charge is 0.465 e. The molecule has 0 saturated heterocycles. The van der Waals surface area contributed by atoms with Gasteiger partial charge in [0.1, 0.15) is 5.41 Å². The van der Waals surface area contributed by atoms with E-state index in [1.807, 2.05) is 0 Å². The van der Waals surface area contributed by atoms with Crippen molar-refractivity contribution in [2.24, 2.45) is 11.3 Å². The zero-order valence-corrected chi connectivity index (χ0v) is 8.28. The van der Waals surface area contributed by atoms with Crippen LogP contribution in [0.4, 0.5) is 0 Å². The van der Waals surface area contributed by atoms with Gasteiger partial charge in [-0.15, -0.1) is 6.58 Å². The lowest BCUT2D eigenvalue weighted by Crippen LogP contribution is -2.34. The van der Waals surface area contributed by atoms with Crippen LogP contribution in [0.1, 0.15) is 13.8 Å². The van der Waals surface area contributed by atoms with Crippen molar-refractivity contribution in [1.29, 1.82) is 10.5 Å². The van der Waals surface area contributed by atoms with E-state index in [-0.39, 0.29) is 6.61 Å². The second-order valence-corrected chi connectivity index (χ2v) is 2.90. The minimum Gasteiger partial charge on any atom is -0.465 e. The highest BCUT2D eigenvalue weighted by molar-refractivity contribution is 5.80. The normalized spacial score (nSPS) is 13.5. The summed E-state index contributed by atoms with van der Waals surface area (Å²) in [7, 11) is 0. The summed E-state index contributed by atoms with van der Waals surface area (Å²) in [6.07, 6.45) is 1.28. The second-order valence-electron chi connectivity index (χ2n) is 2.90. The molecule has 0 aliphatic rings. The smallest absolute Gasteiger partial charge is 0.318 e. The van der Waals surface area contributed by atoms with E-state index < -0.39 is 17.3 Å². The summed E-state index contributed by atoms with van der Waals surface area (Å²) in [6.45, 7) is 6.79. The van der Waals surface area contributed by atoms with E-state index in [0.717, 1.165) is 0 Å². The summed E-state index contributed by atoms with van der Waals surface area (Å²) in [5, 5.41) is 17.4. The third-order valence-electron chi connectivity index (χ3n) is 2.00. The molecule has 0 N–H and O–H groups in total. The summed E-state index contributed by atoms with van der Waals surface area (Å²) in [5.41, 5.74) is -1.25. The fourth-order valence-electron chi connectivity index (χ4n) is 0.903. The number of carbonyl (C=O) groups is 1. The third-order valence-corrected chi connectivity index (χ3v) is 2.00. The molecule has 0 aliphatic heterocycles. The molecule has 0 aliphatic carbocycles. The first kappa shape index (κ1) is 12.2. The molecule has 0 radical (unpaired) electrons. The Labute approximate surface area is 83.4 Å². The summed E-state index contributed by atoms with van der Waals surface area (Å²) >= 11 is 0. The SMILES string of the molecule is C=CC(C)(C(=O)OCC)C(C#N)C#N. The molecule has 0 amide bonds. The van der Waals surface area contributed by atoms with E-state index in [1.54, 1.807) is 19.1 Å². The molecule has 14 heavy (non-hydrogen) atoms. The number of hydrogen-bond acceptors (Lipinski definition) is 4. The van der Waals surface area contributed by atoms with Crippen LogP contribution in [-0.2, 0) is 9.53 Å². The van der Waals surface area contributed by atoms with Crippen LogP contribution in [0.15, 0.2) is 12.7 Å². The Morgan fingerprint density at radius 2 is 2.14 bits per heavy atom. The molecule has 0 heterocycles. The lowest BCUT2D eigenvalue weighted by atomic mass is 9.79. The van der Waals surface area contributed by atoms with Crippen LogP contribution in [-0.4, -0.2) is 12.6 Å². The van der Waals surface area contributed by atoms with Crippen LogP contribution < -0.4 is 0 Å². The van der Waals surface area contributed by atoms with Crippen molar-refractivity contribution in [3.8, 4) is 12.1 Å². The fraction of sp³-hybridized carbons (Fsp3) is 0.500. The molecule has 1 atom stereocenters. The quantitative estimate of drug-likeness (QED) is 0.498. The fourth-order valence-corrected chi connectivity index (χ4v) is 0.903. The predicted molar refractivity (Wildman–Crippen MR) is 49.7 cm³/mol. The topological polar surface area (TPSA) is 73.9 Å². The highest BCUT2D eigenvalue weighted by Crippen LogP contribution is 2.29. The Kier molecular flexibility index (Phi) is 4.38. The minimum absolute atomic E-state index is 0.214. The maximum absolute atomic E-state index is 11.5. The first-order valence-electron chi connectivity index (χ1n) is 4.16. The van der Waals surface area contributed by atoms with Crippen LogP contribution in [0.25, 0.3) is 0 Å². The molecule has 0 aromatic heterocycles. The van der Waals surface area contributed by atoms with E-state index in [0.29, 0.717) is 0 Å². The first-order chi connectivity index (χ1) is 6.56. The van der Waals surface area contributed by atoms with E-state index >= 15 is 0 Å². The van der Waals surface area contributed by atoms with Gasteiger partial charge >= 0.3 is 5.97 Å². The number of carbonyl (C=O) groups excluding carboxylic acids is 1. The van der Waals surface area contributed by atoms with Crippen LogP contribution in [0, 0.1) is 34.0 Å². The van der Waals surface area contributed by atoms with Gasteiger partial charge in [0, 0.05) is 0 Å². The van der Waals surface area contributed by atoms with Crippen molar-refractivity contribution in [3.63, 3.8) is 0 Å². The Bertz CT molecular complexity index is 297. The van der Waals surface area contributed by atoms with Crippen LogP contribution in [0.3, 0.4) is 0 Å². The lowest BCUT2D eigenvalue weighted by Gasteiger charge is -2.23. The Hall–Kier alpha value is -1.81. The highest BCUT2D eigenvalue weighted by atomic mass is 16.5. The van der Waals surface area contributed by atoms with Gasteiger partial charge in [0.2, 0.25) is 0 Å². The molecule has 0 rings (SSSR count). The van der Waals surface area contributed by atoms with E-state index in [2.05, 4.69) is 6.58 Å². The summed E-state index contributed by atoms with van der Waals surface area (Å²) in [4.78, 5) is 11.5. The van der Waals surface area contributed by atoms with Crippen LogP contribution in [0.5, 0.6) is 0 Å². The number of rotatable bonds is 4. The number of nitrogens with zero attached hydrogens (tertiary/aromatic N) is 2. The van der Waals surface area contributed by atoms with Crippen LogP contribution in [0.2, 0.25) is 0 Å². The van der Waals surface area contributed by atoms with Gasteiger partial charge in [-0.05, 0) is 13.8 Å². The molecular formula is C10H12N2O2. The second kappa shape index (κ2) is 5.04. The van der Waals surface area contributed by atoms with Crippen molar-refractivity contribution in [3.05, 3.63) is 12.7 Å². The molecule has 0 bridgehead atoms. The molecule has 0 aromatic carbocycles. The standard InChI is InChI=1S/C10H12N2O2/c1-4-10(3,8(6-11)7-12)9(13)14-5-2/h4,8H,1,5H2,2-3H3. The highest BCUT2D eigenvalue weighted by Gasteiger charge is 2.40. The third kappa shape index (κ3) is 2.11. The van der Waals surface area contributed by atoms with Gasteiger partial charge in [0.05, 0.1) is 18.7 Å². The number of ether oxygens (including phenoxy) is 1. The molecule has 4 nitrogen and oxygen atoms in total. The van der Waals surface area contributed by atoms with Crippen molar-refractivity contribution >= 4 is 5.97 Å². The number of nitriles is 2. The Balaban J connectivity index is 5.00. The zero-order chi connectivity index (χ0) is 11.2. The van der Waals surface area contributed by atoms with Gasteiger partial charge < -0.3 is 4.74 Å². The van der Waals surface area contributed by atoms with Crippen molar-refractivity contribution < 1.29 is 9.53 Å². The van der Waals surface area contributed by atoms with Gasteiger partial charge in [-0.2, -0.15) is 10.5 Å². The van der Waals surface area contributed by atoms with Gasteiger partial charge in [-0.3, -0.25) is 4.79 Å². The average Bonchev–Trinajstić information content (AvgIpc) is 2.19. The maximum atomic E-state index is 11.5. The molecule has 4 heteroatoms. The van der Waals surface area contributed by atoms with Crippen molar-refractivity contribution in [1.82, 2.24) is 0 Å². The van der Waals surface area contributed by atoms with E-state index in [9.17, 15) is 4.79 Å². The van der Waals surface area contributed by atoms with Crippen LogP contribution >= 0.6 is 0 Å². The maximum Gasteiger partial charge on any atom is 0.318 e. The first-order valence-corrected chi connectivity index (χ1v) is 4.16. The van der Waals surface area contributed by atoms with Gasteiger partial charge in [-0.25, -0.2) is 0 Å². The van der Waals surface area contributed by atoms with E-state index in [1.165, 1.54) is 13.0 Å². The van der Waals surface area contributed by atoms with Crippen molar-refractivity contribution in [2.45, 2.75) is 13.8 Å². The molecule has 1 unspecified atom stereocenters. The molecule has 0 fully saturated rings. The summed E-state index contributed by atoms with van der Waals surface area (Å²) in [6, 6.07) is 3.50. The Morgan fingerprint density at radius 3 is 2.43 bits per heavy atom. The molecular weight excluding hydrogens is 180 g/mol. The van der Waals surface area contributed by atoms with Gasteiger partial charge in [-0.1, -0.05) is 6.08 Å². The number of hydrogen-bond donors (Lipinski definition) is 0. The van der Waals surface area contributed by atoms with Gasteiger partial charge in [0.25, 0.3) is 0 Å². The average molecular weight is 192 g/mol. The molecule has 0 spiro atoms. The van der Waals surface area contributed by atoms with E-state index in [4.69, 9.17) is 15.3 Å². The summed E-state index contributed by atoms with van der Waals surface area (Å²) in [5.74, 6) is -1.66. The molecule has 0 saturated carbocycles. The van der Waals surface area contributed by atoms with Gasteiger partial charge in [0.15, 0.2) is 5.92 Å². The lowest BCUT2D eigenvalue weighted by molar-refractivity contribution is -0.152. The van der Waals surface area contributed by atoms with Crippen molar-refractivity contribution in [2.75, 3.05) is 6.61 Å². The minimum atomic E-state index is -1.25. The Morgan fingerprint density at radius 1 is 1.64 bits per heavy atom. The molecule has 0 aromatic rings. The monoisotopic (exact) mass is 192 g/mol. The predicted octanol–water partition coefficient (Wildman–Crippen LogP) is 1.41.